The molecule has 0 bridgehead atoms. The van der Waals surface area contributed by atoms with Crippen LogP contribution in [-0.4, -0.2) is 49.7 Å². The number of halogens is 1. The van der Waals surface area contributed by atoms with E-state index in [2.05, 4.69) is 10.0 Å². The molecule has 2 aromatic carbocycles. The van der Waals surface area contributed by atoms with Crippen molar-refractivity contribution in [1.82, 2.24) is 10.2 Å². The predicted molar refractivity (Wildman–Crippen MR) is 116 cm³/mol. The van der Waals surface area contributed by atoms with Gasteiger partial charge in [-0.25, -0.2) is 12.8 Å². The first-order valence-corrected chi connectivity index (χ1v) is 11.7. The third-order valence-electron chi connectivity index (χ3n) is 4.14. The zero-order valence-electron chi connectivity index (χ0n) is 16.3. The fourth-order valence-corrected chi connectivity index (χ4v) is 4.13. The molecule has 1 aliphatic rings. The van der Waals surface area contributed by atoms with E-state index in [0.717, 1.165) is 11.2 Å². The van der Waals surface area contributed by atoms with Crippen LogP contribution in [0.1, 0.15) is 15.9 Å². The number of thioether (sulfide) groups is 1. The second-order valence-electron chi connectivity index (χ2n) is 6.56. The number of imide groups is 1. The first kappa shape index (κ1) is 22.5. The molecule has 0 aliphatic carbocycles. The molecule has 2 aromatic rings. The number of carbonyl (C=O) groups is 3. The predicted octanol–water partition coefficient (Wildman–Crippen LogP) is 2.66. The number of nitrogens with zero attached hydrogens (tertiary/aromatic N) is 1. The quantitative estimate of drug-likeness (QED) is 0.611. The lowest BCUT2D eigenvalue weighted by atomic mass is 10.2. The highest BCUT2D eigenvalue weighted by Gasteiger charge is 2.34. The van der Waals surface area contributed by atoms with E-state index in [1.807, 2.05) is 0 Å². The number of benzene rings is 2. The summed E-state index contributed by atoms with van der Waals surface area (Å²) in [4.78, 5) is 37.9. The lowest BCUT2D eigenvalue weighted by Crippen LogP contribution is -2.37. The highest BCUT2D eigenvalue weighted by atomic mass is 32.2. The molecule has 3 rings (SSSR count). The van der Waals surface area contributed by atoms with E-state index in [1.54, 1.807) is 6.07 Å². The summed E-state index contributed by atoms with van der Waals surface area (Å²) in [6, 6.07) is 11.7. The van der Waals surface area contributed by atoms with Gasteiger partial charge in [-0.15, -0.1) is 0 Å². The van der Waals surface area contributed by atoms with Crippen molar-refractivity contribution in [1.29, 1.82) is 0 Å². The Morgan fingerprint density at radius 2 is 1.81 bits per heavy atom. The normalized spacial score (nSPS) is 15.4. The van der Waals surface area contributed by atoms with Gasteiger partial charge in [-0.05, 0) is 48.2 Å². The van der Waals surface area contributed by atoms with E-state index in [-0.39, 0.29) is 29.1 Å². The number of amides is 3. The lowest BCUT2D eigenvalue weighted by Gasteiger charge is -2.13. The van der Waals surface area contributed by atoms with Gasteiger partial charge in [0.05, 0.1) is 11.2 Å². The van der Waals surface area contributed by atoms with Gasteiger partial charge in [0, 0.05) is 29.9 Å². The van der Waals surface area contributed by atoms with Crippen LogP contribution in [0.3, 0.4) is 0 Å². The van der Waals surface area contributed by atoms with E-state index in [9.17, 15) is 27.2 Å². The summed E-state index contributed by atoms with van der Waals surface area (Å²) in [6.07, 6.45) is 2.34. The van der Waals surface area contributed by atoms with Crippen LogP contribution in [0.15, 0.2) is 53.4 Å². The average Bonchev–Trinajstić information content (AvgIpc) is 2.96. The largest absolute Gasteiger partial charge is 0.350 e. The summed E-state index contributed by atoms with van der Waals surface area (Å²) in [6.45, 7) is -0.0219. The standard InChI is InChI=1S/C20H18FN3O5S2/c1-31(28,29)23-15-8-6-13(7-9-15)18(25)22-10-11-24-19(26)17(30-20(24)27)12-14-4-2-3-5-16(14)21/h2-9,12,23H,10-11H2,1H3,(H,22,25)/b17-12-. The maximum Gasteiger partial charge on any atom is 0.293 e. The summed E-state index contributed by atoms with van der Waals surface area (Å²) >= 11 is 0.710. The van der Waals surface area contributed by atoms with Gasteiger partial charge in [-0.3, -0.25) is 24.0 Å². The molecule has 0 aromatic heterocycles. The highest BCUT2D eigenvalue weighted by molar-refractivity contribution is 8.18. The molecule has 0 spiro atoms. The Morgan fingerprint density at radius 1 is 1.13 bits per heavy atom. The molecule has 2 N–H and O–H groups in total. The van der Waals surface area contributed by atoms with Crippen molar-refractivity contribution in [2.24, 2.45) is 0 Å². The number of anilines is 1. The fourth-order valence-electron chi connectivity index (χ4n) is 2.71. The van der Waals surface area contributed by atoms with Crippen LogP contribution in [-0.2, 0) is 14.8 Å². The van der Waals surface area contributed by atoms with E-state index in [1.165, 1.54) is 48.5 Å². The minimum atomic E-state index is -3.42. The second kappa shape index (κ2) is 9.31. The second-order valence-corrected chi connectivity index (χ2v) is 9.30. The Morgan fingerprint density at radius 3 is 2.45 bits per heavy atom. The van der Waals surface area contributed by atoms with Gasteiger partial charge in [-0.2, -0.15) is 0 Å². The van der Waals surface area contributed by atoms with Gasteiger partial charge < -0.3 is 5.32 Å². The average molecular weight is 464 g/mol. The van der Waals surface area contributed by atoms with Gasteiger partial charge in [0.25, 0.3) is 17.1 Å². The summed E-state index contributed by atoms with van der Waals surface area (Å²) < 4.78 is 38.5. The van der Waals surface area contributed by atoms with Crippen molar-refractivity contribution < 1.29 is 27.2 Å². The van der Waals surface area contributed by atoms with Gasteiger partial charge in [0.2, 0.25) is 10.0 Å². The molecule has 8 nitrogen and oxygen atoms in total. The third kappa shape index (κ3) is 5.92. The van der Waals surface area contributed by atoms with Crippen molar-refractivity contribution in [3.05, 3.63) is 70.4 Å². The molecular formula is C20H18FN3O5S2. The Kier molecular flexibility index (Phi) is 6.76. The monoisotopic (exact) mass is 463 g/mol. The number of nitrogens with one attached hydrogen (secondary N) is 2. The number of hydrogen-bond acceptors (Lipinski definition) is 6. The minimum absolute atomic E-state index is 0.0210. The molecule has 1 aliphatic heterocycles. The summed E-state index contributed by atoms with van der Waals surface area (Å²) in [5.74, 6) is -1.50. The molecule has 0 atom stereocenters. The topological polar surface area (TPSA) is 113 Å². The van der Waals surface area contributed by atoms with Crippen molar-refractivity contribution in [2.75, 3.05) is 24.1 Å². The van der Waals surface area contributed by atoms with Crippen molar-refractivity contribution in [3.8, 4) is 0 Å². The molecule has 162 valence electrons. The molecule has 3 amide bonds. The van der Waals surface area contributed by atoms with Gasteiger partial charge in [0.15, 0.2) is 0 Å². The summed E-state index contributed by atoms with van der Waals surface area (Å²) in [5, 5.41) is 2.09. The maximum atomic E-state index is 13.8. The van der Waals surface area contributed by atoms with Crippen LogP contribution in [0, 0.1) is 5.82 Å². The van der Waals surface area contributed by atoms with Crippen LogP contribution in [0.5, 0.6) is 0 Å². The molecular weight excluding hydrogens is 445 g/mol. The summed E-state index contributed by atoms with van der Waals surface area (Å²) in [7, 11) is -3.42. The van der Waals surface area contributed by atoms with Gasteiger partial charge in [-0.1, -0.05) is 18.2 Å². The molecule has 0 saturated carbocycles. The molecule has 1 fully saturated rings. The van der Waals surface area contributed by atoms with Gasteiger partial charge in [0.1, 0.15) is 5.82 Å². The zero-order chi connectivity index (χ0) is 22.6. The Labute approximate surface area is 182 Å². The van der Waals surface area contributed by atoms with Gasteiger partial charge >= 0.3 is 0 Å². The van der Waals surface area contributed by atoms with Crippen LogP contribution in [0.2, 0.25) is 0 Å². The van der Waals surface area contributed by atoms with Crippen molar-refractivity contribution in [2.45, 2.75) is 0 Å². The van der Waals surface area contributed by atoms with Crippen molar-refractivity contribution >= 4 is 50.6 Å². The van der Waals surface area contributed by atoms with Crippen LogP contribution >= 0.6 is 11.8 Å². The number of carbonyl (C=O) groups excluding carboxylic acids is 3. The van der Waals surface area contributed by atoms with E-state index >= 15 is 0 Å². The van der Waals surface area contributed by atoms with E-state index in [4.69, 9.17) is 0 Å². The Bertz CT molecular complexity index is 1160. The van der Waals surface area contributed by atoms with E-state index in [0.29, 0.717) is 17.4 Å². The van der Waals surface area contributed by atoms with E-state index < -0.39 is 32.9 Å². The van der Waals surface area contributed by atoms with Crippen LogP contribution < -0.4 is 10.0 Å². The van der Waals surface area contributed by atoms with Crippen LogP contribution in [0.25, 0.3) is 6.08 Å². The number of rotatable bonds is 7. The lowest BCUT2D eigenvalue weighted by molar-refractivity contribution is -0.122. The fraction of sp³-hybridized carbons (Fsp3) is 0.150. The SMILES string of the molecule is CS(=O)(=O)Nc1ccc(C(=O)NCCN2C(=O)S/C(=C\c3ccccc3F)C2=O)cc1. The molecule has 31 heavy (non-hydrogen) atoms. The maximum absolute atomic E-state index is 13.8. The number of hydrogen-bond donors (Lipinski definition) is 2. The molecule has 1 saturated heterocycles. The highest BCUT2D eigenvalue weighted by Crippen LogP contribution is 2.32. The molecule has 0 unspecified atom stereocenters. The first-order valence-electron chi connectivity index (χ1n) is 9.00. The Hall–Kier alpha value is -3.18. The van der Waals surface area contributed by atoms with Crippen LogP contribution in [0.4, 0.5) is 14.9 Å². The van der Waals surface area contributed by atoms with Crippen molar-refractivity contribution in [3.63, 3.8) is 0 Å². The summed E-state index contributed by atoms with van der Waals surface area (Å²) in [5.41, 5.74) is 0.807. The smallest absolute Gasteiger partial charge is 0.293 e. The third-order valence-corrected chi connectivity index (χ3v) is 5.65. The first-order chi connectivity index (χ1) is 14.6. The number of sulfonamides is 1. The molecule has 1 heterocycles. The molecule has 11 heteroatoms. The minimum Gasteiger partial charge on any atom is -0.350 e. The molecule has 0 radical (unpaired) electrons. The Balaban J connectivity index is 1.56. The zero-order valence-corrected chi connectivity index (χ0v) is 17.9.